The Kier molecular flexibility index (Phi) is 9.12. The maximum Gasteiger partial charge on any atom is 0.0589 e. The van der Waals surface area contributed by atoms with Crippen LogP contribution in [-0.2, 0) is 4.74 Å². The van der Waals surface area contributed by atoms with Gasteiger partial charge in [0.05, 0.1) is 6.61 Å². The molecule has 2 heteroatoms. The molecule has 0 bridgehead atoms. The van der Waals surface area contributed by atoms with Crippen LogP contribution in [-0.4, -0.2) is 38.3 Å². The molecule has 0 unspecified atom stereocenters. The minimum absolute atomic E-state index is 0.800. The molecule has 0 radical (unpaired) electrons. The Morgan fingerprint density at radius 3 is 1.67 bits per heavy atom. The number of hydrogen-bond donors (Lipinski definition) is 0. The summed E-state index contributed by atoms with van der Waals surface area (Å²) in [5, 5.41) is 0. The van der Waals surface area contributed by atoms with E-state index in [1.165, 1.54) is 25.9 Å². The third kappa shape index (κ3) is 10.2. The summed E-state index contributed by atoms with van der Waals surface area (Å²) < 4.78 is 5.14. The second-order valence-electron chi connectivity index (χ2n) is 5.20. The van der Waals surface area contributed by atoms with Crippen LogP contribution >= 0.6 is 0 Å². The second kappa shape index (κ2) is 9.17. The highest BCUT2D eigenvalue weighted by Gasteiger charge is 2.06. The zero-order chi connectivity index (χ0) is 11.7. The van der Waals surface area contributed by atoms with Crippen molar-refractivity contribution < 1.29 is 4.74 Å². The van der Waals surface area contributed by atoms with E-state index in [0.717, 1.165) is 25.0 Å². The van der Waals surface area contributed by atoms with Gasteiger partial charge < -0.3 is 9.64 Å². The van der Waals surface area contributed by atoms with Crippen LogP contribution in [0.4, 0.5) is 0 Å². The van der Waals surface area contributed by atoms with Gasteiger partial charge in [0, 0.05) is 13.7 Å². The van der Waals surface area contributed by atoms with E-state index in [-0.39, 0.29) is 0 Å². The number of nitrogens with zero attached hydrogens (tertiary/aromatic N) is 1. The minimum Gasteiger partial charge on any atom is -0.383 e. The minimum atomic E-state index is 0.800. The molecule has 92 valence electrons. The Hall–Kier alpha value is -0.0800. The van der Waals surface area contributed by atoms with Gasteiger partial charge in [0.1, 0.15) is 0 Å². The molecule has 0 amide bonds. The first kappa shape index (κ1) is 14.9. The maximum absolute atomic E-state index is 5.14. The maximum atomic E-state index is 5.14. The Balaban J connectivity index is 3.73. The zero-order valence-corrected chi connectivity index (χ0v) is 11.3. The van der Waals surface area contributed by atoms with Crippen molar-refractivity contribution in [1.29, 1.82) is 0 Å². The lowest BCUT2D eigenvalue weighted by atomic mass is 10.1. The highest BCUT2D eigenvalue weighted by Crippen LogP contribution is 2.06. The summed E-state index contributed by atoms with van der Waals surface area (Å²) >= 11 is 0. The van der Waals surface area contributed by atoms with Crippen LogP contribution in [0.25, 0.3) is 0 Å². The van der Waals surface area contributed by atoms with Crippen LogP contribution < -0.4 is 0 Å². The van der Waals surface area contributed by atoms with Crippen molar-refractivity contribution >= 4 is 0 Å². The Labute approximate surface area is 96.0 Å². The van der Waals surface area contributed by atoms with Crippen LogP contribution in [0.15, 0.2) is 0 Å². The van der Waals surface area contributed by atoms with Crippen molar-refractivity contribution in [2.45, 2.75) is 40.5 Å². The molecule has 2 nitrogen and oxygen atoms in total. The fourth-order valence-electron chi connectivity index (χ4n) is 1.44. The number of hydrogen-bond acceptors (Lipinski definition) is 2. The van der Waals surface area contributed by atoms with E-state index in [1.54, 1.807) is 7.11 Å². The molecule has 0 aromatic heterocycles. The average Bonchev–Trinajstić information content (AvgIpc) is 2.16. The van der Waals surface area contributed by atoms with E-state index in [0.29, 0.717) is 0 Å². The first-order chi connectivity index (χ1) is 7.06. The zero-order valence-electron chi connectivity index (χ0n) is 11.3. The SMILES string of the molecule is COCCN(CCC(C)C)CCC(C)C. The molecule has 0 fully saturated rings. The van der Waals surface area contributed by atoms with Crippen LogP contribution in [0.5, 0.6) is 0 Å². The van der Waals surface area contributed by atoms with Crippen molar-refractivity contribution in [2.24, 2.45) is 11.8 Å². The highest BCUT2D eigenvalue weighted by molar-refractivity contribution is 4.60. The number of rotatable bonds is 9. The van der Waals surface area contributed by atoms with Crippen LogP contribution in [0.1, 0.15) is 40.5 Å². The summed E-state index contributed by atoms with van der Waals surface area (Å²) in [4.78, 5) is 2.53. The lowest BCUT2D eigenvalue weighted by molar-refractivity contribution is 0.141. The van der Waals surface area contributed by atoms with Crippen LogP contribution in [0.2, 0.25) is 0 Å². The van der Waals surface area contributed by atoms with E-state index in [4.69, 9.17) is 4.74 Å². The normalized spacial score (nSPS) is 12.0. The predicted molar refractivity (Wildman–Crippen MR) is 67.2 cm³/mol. The fraction of sp³-hybridized carbons (Fsp3) is 1.00. The van der Waals surface area contributed by atoms with E-state index < -0.39 is 0 Å². The van der Waals surface area contributed by atoms with Gasteiger partial charge in [-0.15, -0.1) is 0 Å². The highest BCUT2D eigenvalue weighted by atomic mass is 16.5. The summed E-state index contributed by atoms with van der Waals surface area (Å²) in [5.41, 5.74) is 0. The first-order valence-corrected chi connectivity index (χ1v) is 6.27. The quantitative estimate of drug-likeness (QED) is 0.586. The molecule has 0 spiro atoms. The van der Waals surface area contributed by atoms with Crippen molar-refractivity contribution in [3.63, 3.8) is 0 Å². The lowest BCUT2D eigenvalue weighted by Gasteiger charge is -2.23. The van der Waals surface area contributed by atoms with Crippen molar-refractivity contribution in [3.8, 4) is 0 Å². The molecule has 0 rings (SSSR count). The third-order valence-electron chi connectivity index (χ3n) is 2.66. The fourth-order valence-corrected chi connectivity index (χ4v) is 1.44. The van der Waals surface area contributed by atoms with Crippen molar-refractivity contribution in [3.05, 3.63) is 0 Å². The molecule has 0 aromatic carbocycles. The van der Waals surface area contributed by atoms with E-state index in [9.17, 15) is 0 Å². The monoisotopic (exact) mass is 215 g/mol. The van der Waals surface area contributed by atoms with Gasteiger partial charge in [0.25, 0.3) is 0 Å². The first-order valence-electron chi connectivity index (χ1n) is 6.27. The standard InChI is InChI=1S/C13H29NO/c1-12(2)6-8-14(10-11-15-5)9-7-13(3)4/h12-13H,6-11H2,1-5H3. The molecular weight excluding hydrogens is 186 g/mol. The summed E-state index contributed by atoms with van der Waals surface area (Å²) in [6.07, 6.45) is 2.59. The smallest absolute Gasteiger partial charge is 0.0589 e. The number of ether oxygens (including phenoxy) is 1. The van der Waals surface area contributed by atoms with Gasteiger partial charge in [0.15, 0.2) is 0 Å². The van der Waals surface area contributed by atoms with Gasteiger partial charge in [-0.25, -0.2) is 0 Å². The summed E-state index contributed by atoms with van der Waals surface area (Å²) in [5.74, 6) is 1.60. The molecule has 0 saturated carbocycles. The summed E-state index contributed by atoms with van der Waals surface area (Å²) in [7, 11) is 1.78. The second-order valence-corrected chi connectivity index (χ2v) is 5.20. The van der Waals surface area contributed by atoms with Crippen molar-refractivity contribution in [2.75, 3.05) is 33.4 Å². The molecule has 0 aromatic rings. The molecule has 0 heterocycles. The summed E-state index contributed by atoms with van der Waals surface area (Å²) in [6.45, 7) is 13.5. The Bertz CT molecular complexity index is 122. The van der Waals surface area contributed by atoms with E-state index in [1.807, 2.05) is 0 Å². The van der Waals surface area contributed by atoms with Gasteiger partial charge >= 0.3 is 0 Å². The Morgan fingerprint density at radius 2 is 1.33 bits per heavy atom. The van der Waals surface area contributed by atoms with Gasteiger partial charge in [-0.1, -0.05) is 27.7 Å². The van der Waals surface area contributed by atoms with Gasteiger partial charge in [-0.05, 0) is 37.8 Å². The molecule has 0 aliphatic heterocycles. The predicted octanol–water partition coefficient (Wildman–Crippen LogP) is 3.03. The van der Waals surface area contributed by atoms with E-state index in [2.05, 4.69) is 32.6 Å². The molecule has 0 atom stereocenters. The average molecular weight is 215 g/mol. The topological polar surface area (TPSA) is 12.5 Å². The third-order valence-corrected chi connectivity index (χ3v) is 2.66. The van der Waals surface area contributed by atoms with Crippen LogP contribution in [0.3, 0.4) is 0 Å². The van der Waals surface area contributed by atoms with Crippen molar-refractivity contribution in [1.82, 2.24) is 4.90 Å². The molecule has 0 N–H and O–H groups in total. The van der Waals surface area contributed by atoms with Gasteiger partial charge in [-0.3, -0.25) is 0 Å². The van der Waals surface area contributed by atoms with Crippen LogP contribution in [0, 0.1) is 11.8 Å². The summed E-state index contributed by atoms with van der Waals surface area (Å²) in [6, 6.07) is 0. The lowest BCUT2D eigenvalue weighted by Crippen LogP contribution is -2.30. The molecule has 0 aliphatic rings. The van der Waals surface area contributed by atoms with Gasteiger partial charge in [-0.2, -0.15) is 0 Å². The molecule has 15 heavy (non-hydrogen) atoms. The molecule has 0 saturated heterocycles. The molecule has 0 aliphatic carbocycles. The molecular formula is C13H29NO. The Morgan fingerprint density at radius 1 is 0.867 bits per heavy atom. The van der Waals surface area contributed by atoms with E-state index >= 15 is 0 Å². The van der Waals surface area contributed by atoms with Gasteiger partial charge in [0.2, 0.25) is 0 Å². The largest absolute Gasteiger partial charge is 0.383 e. The number of methoxy groups -OCH3 is 1.